The van der Waals surface area contributed by atoms with Crippen LogP contribution >= 0.6 is 0 Å². The predicted octanol–water partition coefficient (Wildman–Crippen LogP) is -1.26. The molecule has 15 heavy (non-hydrogen) atoms. The van der Waals surface area contributed by atoms with E-state index in [2.05, 4.69) is 20.2 Å². The van der Waals surface area contributed by atoms with Crippen molar-refractivity contribution in [2.24, 2.45) is 0 Å². The van der Waals surface area contributed by atoms with Gasteiger partial charge in [-0.25, -0.2) is 13.1 Å². The highest BCUT2D eigenvalue weighted by Gasteiger charge is 2.18. The van der Waals surface area contributed by atoms with Gasteiger partial charge in [-0.15, -0.1) is 0 Å². The summed E-state index contributed by atoms with van der Waals surface area (Å²) in [6.07, 6.45) is 1.20. The molecule has 0 aliphatic rings. The lowest BCUT2D eigenvalue weighted by molar-refractivity contribution is -0.119. The van der Waals surface area contributed by atoms with Crippen molar-refractivity contribution in [3.63, 3.8) is 0 Å². The summed E-state index contributed by atoms with van der Waals surface area (Å²) >= 11 is 0. The highest BCUT2D eigenvalue weighted by Crippen LogP contribution is 2.09. The van der Waals surface area contributed by atoms with E-state index in [1.807, 2.05) is 0 Å². The van der Waals surface area contributed by atoms with Gasteiger partial charge in [0.1, 0.15) is 4.90 Å². The van der Waals surface area contributed by atoms with E-state index in [9.17, 15) is 13.2 Å². The molecule has 3 N–H and O–H groups in total. The first-order valence-corrected chi connectivity index (χ1v) is 5.66. The number of likely N-dealkylation sites (N-methyl/N-ethyl adjacent to an activating group) is 1. The highest BCUT2D eigenvalue weighted by molar-refractivity contribution is 7.89. The van der Waals surface area contributed by atoms with Crippen molar-refractivity contribution < 1.29 is 13.2 Å². The Kier molecular flexibility index (Phi) is 3.43. The second kappa shape index (κ2) is 4.41. The van der Waals surface area contributed by atoms with Crippen LogP contribution in [0.15, 0.2) is 11.1 Å². The molecule has 0 saturated carbocycles. The molecule has 1 aromatic heterocycles. The van der Waals surface area contributed by atoms with Gasteiger partial charge in [0, 0.05) is 7.05 Å². The van der Waals surface area contributed by atoms with Crippen LogP contribution in [0.4, 0.5) is 0 Å². The topological polar surface area (TPSA) is 104 Å². The number of carbonyl (C=O) groups is 1. The molecule has 0 atom stereocenters. The van der Waals surface area contributed by atoms with Crippen LogP contribution in [0.25, 0.3) is 0 Å². The van der Waals surface area contributed by atoms with Gasteiger partial charge in [0.05, 0.1) is 18.4 Å². The molecule has 0 aliphatic heterocycles. The number of nitrogens with zero attached hydrogens (tertiary/aromatic N) is 1. The van der Waals surface area contributed by atoms with E-state index in [0.717, 1.165) is 0 Å². The second-order valence-corrected chi connectivity index (χ2v) is 4.59. The van der Waals surface area contributed by atoms with Crippen LogP contribution in [0.3, 0.4) is 0 Å². The van der Waals surface area contributed by atoms with Crippen LogP contribution in [0.5, 0.6) is 0 Å². The third-order valence-electron chi connectivity index (χ3n) is 1.77. The van der Waals surface area contributed by atoms with Crippen LogP contribution in [-0.4, -0.2) is 38.1 Å². The first-order valence-electron chi connectivity index (χ1n) is 4.17. The predicted molar refractivity (Wildman–Crippen MR) is 52.6 cm³/mol. The van der Waals surface area contributed by atoms with Crippen molar-refractivity contribution in [1.29, 1.82) is 0 Å². The molecule has 0 radical (unpaired) electrons. The Balaban J connectivity index is 2.77. The maximum atomic E-state index is 11.6. The molecule has 1 rings (SSSR count). The van der Waals surface area contributed by atoms with E-state index in [0.29, 0.717) is 5.69 Å². The van der Waals surface area contributed by atoms with Crippen molar-refractivity contribution in [3.05, 3.63) is 11.9 Å². The molecule has 0 fully saturated rings. The fourth-order valence-electron chi connectivity index (χ4n) is 0.937. The Bertz CT molecular complexity index is 451. The molecule has 1 amide bonds. The summed E-state index contributed by atoms with van der Waals surface area (Å²) in [5.74, 6) is -0.403. The maximum Gasteiger partial charge on any atom is 0.244 e. The average Bonchev–Trinajstić information content (AvgIpc) is 2.61. The first-order chi connectivity index (χ1) is 6.97. The van der Waals surface area contributed by atoms with E-state index in [-0.39, 0.29) is 11.4 Å². The minimum absolute atomic E-state index is 0.0476. The summed E-state index contributed by atoms with van der Waals surface area (Å²) in [6, 6.07) is 0. The van der Waals surface area contributed by atoms with E-state index in [1.54, 1.807) is 6.92 Å². The molecule has 0 bridgehead atoms. The number of aryl methyl sites for hydroxylation is 1. The molecule has 0 saturated heterocycles. The van der Waals surface area contributed by atoms with Crippen molar-refractivity contribution in [2.75, 3.05) is 13.6 Å². The van der Waals surface area contributed by atoms with Crippen LogP contribution in [-0.2, 0) is 14.8 Å². The van der Waals surface area contributed by atoms with Crippen LogP contribution < -0.4 is 10.0 Å². The summed E-state index contributed by atoms with van der Waals surface area (Å²) in [6.45, 7) is 1.30. The lowest BCUT2D eigenvalue weighted by Gasteiger charge is -2.04. The molecule has 84 valence electrons. The first kappa shape index (κ1) is 11.7. The zero-order valence-electron chi connectivity index (χ0n) is 8.36. The van der Waals surface area contributed by atoms with Gasteiger partial charge in [0.15, 0.2) is 0 Å². The number of aromatic amines is 1. The summed E-state index contributed by atoms with van der Waals surface area (Å²) in [4.78, 5) is 10.9. The summed E-state index contributed by atoms with van der Waals surface area (Å²) < 4.78 is 25.3. The monoisotopic (exact) mass is 232 g/mol. The Morgan fingerprint density at radius 1 is 1.60 bits per heavy atom. The molecule has 1 heterocycles. The Hall–Kier alpha value is -1.41. The SMILES string of the molecule is CNC(=O)CNS(=O)(=O)c1cn[nH]c1C. The number of hydrogen-bond acceptors (Lipinski definition) is 4. The van der Waals surface area contributed by atoms with Gasteiger partial charge in [-0.3, -0.25) is 9.89 Å². The normalized spacial score (nSPS) is 11.3. The number of sulfonamides is 1. The zero-order chi connectivity index (χ0) is 11.5. The van der Waals surface area contributed by atoms with Gasteiger partial charge in [-0.05, 0) is 6.92 Å². The fraction of sp³-hybridized carbons (Fsp3) is 0.429. The van der Waals surface area contributed by atoms with Gasteiger partial charge in [-0.2, -0.15) is 5.10 Å². The van der Waals surface area contributed by atoms with E-state index >= 15 is 0 Å². The molecule has 7 nitrogen and oxygen atoms in total. The minimum atomic E-state index is -3.66. The lowest BCUT2D eigenvalue weighted by atomic mass is 10.5. The van der Waals surface area contributed by atoms with Crippen molar-refractivity contribution in [3.8, 4) is 0 Å². The minimum Gasteiger partial charge on any atom is -0.358 e. The Morgan fingerprint density at radius 2 is 2.27 bits per heavy atom. The molecular formula is C7H12N4O3S. The second-order valence-electron chi connectivity index (χ2n) is 2.86. The molecule has 0 aromatic carbocycles. The fourth-order valence-corrected chi connectivity index (χ4v) is 2.05. The summed E-state index contributed by atoms with van der Waals surface area (Å²) in [7, 11) is -2.23. The number of carbonyl (C=O) groups excluding carboxylic acids is 1. The summed E-state index contributed by atoms with van der Waals surface area (Å²) in [5, 5.41) is 8.41. The highest BCUT2D eigenvalue weighted by atomic mass is 32.2. The maximum absolute atomic E-state index is 11.6. The molecule has 8 heteroatoms. The van der Waals surface area contributed by atoms with Gasteiger partial charge in [0.25, 0.3) is 0 Å². The smallest absolute Gasteiger partial charge is 0.244 e. The Morgan fingerprint density at radius 3 is 2.73 bits per heavy atom. The third-order valence-corrected chi connectivity index (χ3v) is 3.29. The molecule has 1 aromatic rings. The van der Waals surface area contributed by atoms with Gasteiger partial charge in [-0.1, -0.05) is 0 Å². The number of H-pyrrole nitrogens is 1. The number of amides is 1. The van der Waals surface area contributed by atoms with Crippen LogP contribution in [0.2, 0.25) is 0 Å². The molecular weight excluding hydrogens is 220 g/mol. The average molecular weight is 232 g/mol. The standard InChI is InChI=1S/C7H12N4O3S/c1-5-6(3-9-11-5)15(13,14)10-4-7(12)8-2/h3,10H,4H2,1-2H3,(H,8,12)(H,9,11). The van der Waals surface area contributed by atoms with Crippen molar-refractivity contribution in [2.45, 2.75) is 11.8 Å². The van der Waals surface area contributed by atoms with Crippen LogP contribution in [0, 0.1) is 6.92 Å². The van der Waals surface area contributed by atoms with Crippen molar-refractivity contribution in [1.82, 2.24) is 20.2 Å². The Labute approximate surface area is 87.3 Å². The van der Waals surface area contributed by atoms with Gasteiger partial charge in [0.2, 0.25) is 15.9 Å². The van der Waals surface area contributed by atoms with E-state index in [1.165, 1.54) is 13.2 Å². The number of rotatable bonds is 4. The number of aromatic nitrogens is 2. The quantitative estimate of drug-likeness (QED) is 0.603. The van der Waals surface area contributed by atoms with E-state index < -0.39 is 15.9 Å². The van der Waals surface area contributed by atoms with E-state index in [4.69, 9.17) is 0 Å². The largest absolute Gasteiger partial charge is 0.358 e. The molecule has 0 unspecified atom stereocenters. The van der Waals surface area contributed by atoms with Gasteiger partial charge < -0.3 is 5.32 Å². The zero-order valence-corrected chi connectivity index (χ0v) is 9.18. The number of nitrogens with one attached hydrogen (secondary N) is 3. The number of hydrogen-bond donors (Lipinski definition) is 3. The van der Waals surface area contributed by atoms with Crippen LogP contribution in [0.1, 0.15) is 5.69 Å². The third kappa shape index (κ3) is 2.77. The molecule has 0 spiro atoms. The van der Waals surface area contributed by atoms with Gasteiger partial charge >= 0.3 is 0 Å². The van der Waals surface area contributed by atoms with Crippen molar-refractivity contribution >= 4 is 15.9 Å². The lowest BCUT2D eigenvalue weighted by Crippen LogP contribution is -2.35. The molecule has 0 aliphatic carbocycles. The summed E-state index contributed by atoms with van der Waals surface area (Å²) in [5.41, 5.74) is 0.430.